The lowest BCUT2D eigenvalue weighted by atomic mass is 9.91. The number of carboxylic acid groups (broad SMARTS) is 1. The molecule has 2 fully saturated rings. The fourth-order valence-electron chi connectivity index (χ4n) is 3.81. The topological polar surface area (TPSA) is 128 Å². The third-order valence-corrected chi connectivity index (χ3v) is 8.41. The number of amides is 2. The van der Waals surface area contributed by atoms with Crippen molar-refractivity contribution in [1.82, 2.24) is 4.90 Å². The predicted octanol–water partition coefficient (Wildman–Crippen LogP) is -0.430. The highest BCUT2D eigenvalue weighted by Crippen LogP contribution is 2.53. The highest BCUT2D eigenvalue weighted by Gasteiger charge is 2.60. The van der Waals surface area contributed by atoms with Crippen LogP contribution in [-0.4, -0.2) is 49.9 Å². The molecule has 2 aliphatic heterocycles. The fourth-order valence-corrected chi connectivity index (χ4v) is 7.18. The lowest BCUT2D eigenvalue weighted by Crippen LogP contribution is -2.65. The molecule has 10 heteroatoms. The lowest BCUT2D eigenvalue weighted by molar-refractivity contribution is -0.688. The minimum absolute atomic E-state index is 0.334. The Morgan fingerprint density at radius 2 is 1.90 bits per heavy atom. The first-order valence-corrected chi connectivity index (χ1v) is 11.5. The normalized spacial score (nSPS) is 25.6. The zero-order chi connectivity index (χ0) is 22.3. The summed E-state index contributed by atoms with van der Waals surface area (Å²) in [6, 6.07) is 10.0. The molecule has 4 rings (SSSR count). The molecule has 2 amide bonds. The van der Waals surface area contributed by atoms with Gasteiger partial charge in [0.25, 0.3) is 0 Å². The molecule has 0 radical (unpaired) electrons. The highest BCUT2D eigenvalue weighted by molar-refractivity contribution is 8.17. The number of aliphatic hydroxyl groups excluding tert-OH is 1. The van der Waals surface area contributed by atoms with E-state index in [0.29, 0.717) is 12.1 Å². The molecular formula is C21H21N3O5S2. The number of pyridine rings is 1. The third kappa shape index (κ3) is 4.15. The summed E-state index contributed by atoms with van der Waals surface area (Å²) in [5.41, 5.74) is 6.73. The van der Waals surface area contributed by atoms with Crippen molar-refractivity contribution in [3.05, 3.63) is 59.9 Å². The van der Waals surface area contributed by atoms with Crippen molar-refractivity contribution in [2.24, 2.45) is 11.7 Å². The van der Waals surface area contributed by atoms with Crippen LogP contribution in [0.15, 0.2) is 53.7 Å². The van der Waals surface area contributed by atoms with E-state index in [1.54, 1.807) is 31.5 Å². The number of aromatic nitrogens is 1. The van der Waals surface area contributed by atoms with E-state index in [2.05, 4.69) is 0 Å². The summed E-state index contributed by atoms with van der Waals surface area (Å²) in [5.74, 6) is -2.66. The van der Waals surface area contributed by atoms with E-state index in [9.17, 15) is 24.6 Å². The lowest BCUT2D eigenvalue weighted by Gasteiger charge is -2.45. The number of aliphatic carboxylic acids is 1. The molecule has 8 nitrogen and oxygen atoms in total. The molecule has 0 aliphatic carbocycles. The van der Waals surface area contributed by atoms with Crippen LogP contribution in [0.25, 0.3) is 0 Å². The first-order valence-electron chi connectivity index (χ1n) is 9.67. The number of carbonyl (C=O) groups excluding carboxylic acids is 3. The van der Waals surface area contributed by atoms with Crippen LogP contribution in [0.3, 0.4) is 0 Å². The van der Waals surface area contributed by atoms with Crippen LogP contribution in [0, 0.1) is 5.92 Å². The van der Waals surface area contributed by atoms with Gasteiger partial charge in [-0.25, -0.2) is 4.57 Å². The van der Waals surface area contributed by atoms with Gasteiger partial charge in [0, 0.05) is 22.6 Å². The Morgan fingerprint density at radius 1 is 1.26 bits per heavy atom. The number of rotatable bonds is 7. The third-order valence-electron chi connectivity index (χ3n) is 5.43. The zero-order valence-corrected chi connectivity index (χ0v) is 18.2. The number of carboxylic acids is 1. The molecule has 31 heavy (non-hydrogen) atoms. The van der Waals surface area contributed by atoms with Crippen molar-refractivity contribution in [3.8, 4) is 0 Å². The van der Waals surface area contributed by atoms with Gasteiger partial charge in [0.1, 0.15) is 0 Å². The van der Waals surface area contributed by atoms with E-state index in [-0.39, 0.29) is 11.3 Å². The van der Waals surface area contributed by atoms with Crippen molar-refractivity contribution in [2.45, 2.75) is 40.5 Å². The molecule has 2 unspecified atom stereocenters. The molecule has 162 valence electrons. The Morgan fingerprint density at radius 3 is 2.45 bits per heavy atom. The largest absolute Gasteiger partial charge is 0.548 e. The second-order valence-electron chi connectivity index (χ2n) is 7.56. The van der Waals surface area contributed by atoms with Gasteiger partial charge in [-0.2, -0.15) is 0 Å². The number of benzene rings is 1. The van der Waals surface area contributed by atoms with Crippen molar-refractivity contribution >= 4 is 41.3 Å². The van der Waals surface area contributed by atoms with Crippen LogP contribution in [-0.2, 0) is 16.1 Å². The van der Waals surface area contributed by atoms with Gasteiger partial charge in [-0.1, -0.05) is 12.1 Å². The molecule has 5 atom stereocenters. The quantitative estimate of drug-likeness (QED) is 0.425. The van der Waals surface area contributed by atoms with E-state index in [1.165, 1.54) is 28.4 Å². The Bertz CT molecular complexity index is 1010. The zero-order valence-electron chi connectivity index (χ0n) is 16.6. The van der Waals surface area contributed by atoms with E-state index in [4.69, 9.17) is 5.73 Å². The van der Waals surface area contributed by atoms with E-state index < -0.39 is 34.5 Å². The molecule has 0 spiro atoms. The molecule has 0 saturated carbocycles. The molecule has 2 saturated heterocycles. The smallest absolute Gasteiger partial charge is 0.249 e. The summed E-state index contributed by atoms with van der Waals surface area (Å²) >= 11 is 2.77. The average Bonchev–Trinajstić information content (AvgIpc) is 3.03. The van der Waals surface area contributed by atoms with Crippen molar-refractivity contribution in [2.75, 3.05) is 0 Å². The number of primary amides is 1. The molecule has 2 aliphatic rings. The van der Waals surface area contributed by atoms with Crippen LogP contribution in [0.1, 0.15) is 22.8 Å². The number of hydrogen-bond acceptors (Lipinski definition) is 7. The van der Waals surface area contributed by atoms with Gasteiger partial charge in [-0.3, -0.25) is 9.59 Å². The SMILES string of the molecule is C[C@@H](O)[C@H]1C(=O)N2C(C(=O)[O-])C(Sc3ccc(C[n+]4ccc(C(N)=O)cc4)cc3)S[C@H]12. The van der Waals surface area contributed by atoms with E-state index in [0.717, 1.165) is 10.5 Å². The Kier molecular flexibility index (Phi) is 5.96. The van der Waals surface area contributed by atoms with Crippen molar-refractivity contribution in [3.63, 3.8) is 0 Å². The van der Waals surface area contributed by atoms with Crippen molar-refractivity contribution < 1.29 is 29.2 Å². The maximum Gasteiger partial charge on any atom is 0.249 e. The number of nitrogens with two attached hydrogens (primary N) is 1. The molecule has 3 heterocycles. The van der Waals surface area contributed by atoms with Crippen molar-refractivity contribution in [1.29, 1.82) is 0 Å². The predicted molar refractivity (Wildman–Crippen MR) is 113 cm³/mol. The molecule has 3 N–H and O–H groups in total. The molecular weight excluding hydrogens is 438 g/mol. The van der Waals surface area contributed by atoms with Crippen LogP contribution in [0.4, 0.5) is 0 Å². The van der Waals surface area contributed by atoms with Gasteiger partial charge < -0.3 is 25.6 Å². The summed E-state index contributed by atoms with van der Waals surface area (Å²) in [6.07, 6.45) is 2.74. The fraction of sp³-hybridized carbons (Fsp3) is 0.333. The number of nitrogens with zero attached hydrogens (tertiary/aromatic N) is 2. The summed E-state index contributed by atoms with van der Waals surface area (Å²) in [5, 5.41) is 21.2. The summed E-state index contributed by atoms with van der Waals surface area (Å²) in [4.78, 5) is 37.4. The number of hydrogen-bond donors (Lipinski definition) is 2. The summed E-state index contributed by atoms with van der Waals surface area (Å²) in [6.45, 7) is 2.15. The van der Waals surface area contributed by atoms with Gasteiger partial charge >= 0.3 is 0 Å². The van der Waals surface area contributed by atoms with Gasteiger partial charge in [-0.15, -0.1) is 23.5 Å². The number of thioether (sulfide) groups is 2. The van der Waals surface area contributed by atoms with Crippen LogP contribution in [0.5, 0.6) is 0 Å². The Hall–Kier alpha value is -2.56. The minimum atomic E-state index is -1.28. The second kappa shape index (κ2) is 8.52. The van der Waals surface area contributed by atoms with Crippen LogP contribution >= 0.6 is 23.5 Å². The van der Waals surface area contributed by atoms with E-state index in [1.807, 2.05) is 28.8 Å². The highest BCUT2D eigenvalue weighted by atomic mass is 32.2. The van der Waals surface area contributed by atoms with Crippen LogP contribution in [0.2, 0.25) is 0 Å². The number of fused-ring (bicyclic) bond motifs is 1. The van der Waals surface area contributed by atoms with Gasteiger partial charge in [-0.05, 0) is 19.1 Å². The first kappa shape index (κ1) is 21.7. The standard InChI is InChI=1S/C21H21N3O5S2/c1-11(25)15-18(27)24-16(20(28)29)21(31-19(15)24)30-14-4-2-12(3-5-14)10-23-8-6-13(7-9-23)17(22)26/h2-9,11,15-16,19,21,25H,10H2,1H3,(H2-,22,26,28,29)/t11-,15+,16?,19-,21?/m1/s1. The maximum atomic E-state index is 12.3. The molecule has 1 aromatic heterocycles. The molecule has 2 aromatic rings. The number of aliphatic hydroxyl groups is 1. The van der Waals surface area contributed by atoms with Gasteiger partial charge in [0.2, 0.25) is 11.8 Å². The van der Waals surface area contributed by atoms with Crippen LogP contribution < -0.4 is 15.4 Å². The average molecular weight is 460 g/mol. The Balaban J connectivity index is 1.43. The summed E-state index contributed by atoms with van der Waals surface area (Å²) in [7, 11) is 0. The van der Waals surface area contributed by atoms with Gasteiger partial charge in [0.05, 0.1) is 39.6 Å². The summed E-state index contributed by atoms with van der Waals surface area (Å²) < 4.78 is 1.50. The first-order chi connectivity index (χ1) is 14.8. The maximum absolute atomic E-state index is 12.3. The Labute approximate surface area is 187 Å². The van der Waals surface area contributed by atoms with E-state index >= 15 is 0 Å². The monoisotopic (exact) mass is 459 g/mol. The molecule has 0 bridgehead atoms. The minimum Gasteiger partial charge on any atom is -0.548 e. The second-order valence-corrected chi connectivity index (χ2v) is 10.3. The number of β-lactam (4-membered cyclic amide) rings is 1. The molecule has 1 aromatic carbocycles. The van der Waals surface area contributed by atoms with Gasteiger partial charge in [0.15, 0.2) is 18.9 Å². The number of carbonyl (C=O) groups is 3.